The highest BCUT2D eigenvalue weighted by molar-refractivity contribution is 4.94. The summed E-state index contributed by atoms with van der Waals surface area (Å²) in [6, 6.07) is 0. The third-order valence-corrected chi connectivity index (χ3v) is 3.31. The molecular weight excluding hydrogens is 224 g/mol. The fourth-order valence-corrected chi connectivity index (χ4v) is 2.48. The van der Waals surface area contributed by atoms with Gasteiger partial charge >= 0.3 is 0 Å². The Morgan fingerprint density at radius 1 is 1.12 bits per heavy atom. The van der Waals surface area contributed by atoms with Crippen LogP contribution in [0, 0.1) is 0 Å². The summed E-state index contributed by atoms with van der Waals surface area (Å²) in [5.41, 5.74) is 0. The third kappa shape index (κ3) is 2.02. The Balaban J connectivity index is 1.65. The van der Waals surface area contributed by atoms with Crippen molar-refractivity contribution >= 4 is 0 Å². The van der Waals surface area contributed by atoms with Crippen molar-refractivity contribution in [1.29, 1.82) is 0 Å². The molecule has 0 aliphatic carbocycles. The average molecular weight is 242 g/mol. The predicted octanol–water partition coefficient (Wildman–Crippen LogP) is 1.18. The summed E-state index contributed by atoms with van der Waals surface area (Å²) < 4.78 is 28.5. The van der Waals surface area contributed by atoms with Crippen molar-refractivity contribution in [1.82, 2.24) is 0 Å². The summed E-state index contributed by atoms with van der Waals surface area (Å²) in [5.74, 6) is 0. The van der Waals surface area contributed by atoms with Crippen molar-refractivity contribution in [3.05, 3.63) is 12.7 Å². The third-order valence-electron chi connectivity index (χ3n) is 3.31. The van der Waals surface area contributed by atoms with Crippen molar-refractivity contribution in [3.63, 3.8) is 0 Å². The van der Waals surface area contributed by atoms with E-state index in [0.717, 1.165) is 6.42 Å². The van der Waals surface area contributed by atoms with Gasteiger partial charge in [-0.2, -0.15) is 0 Å². The summed E-state index contributed by atoms with van der Waals surface area (Å²) in [6.07, 6.45) is 2.26. The molecule has 0 bridgehead atoms. The number of fused-ring (bicyclic) bond motifs is 3. The summed E-state index contributed by atoms with van der Waals surface area (Å²) >= 11 is 0. The van der Waals surface area contributed by atoms with Crippen molar-refractivity contribution in [2.45, 2.75) is 56.9 Å². The SMILES string of the molecule is C=CCC1OC2OC3COC(CC)OC3C2O1. The molecule has 3 saturated heterocycles. The zero-order valence-corrected chi connectivity index (χ0v) is 9.91. The Bertz CT molecular complexity index is 295. The minimum atomic E-state index is -0.325. The lowest BCUT2D eigenvalue weighted by molar-refractivity contribution is -0.268. The second-order valence-electron chi connectivity index (χ2n) is 4.51. The minimum Gasteiger partial charge on any atom is -0.350 e. The molecule has 3 aliphatic heterocycles. The first-order valence-corrected chi connectivity index (χ1v) is 6.16. The number of hydrogen-bond donors (Lipinski definition) is 0. The lowest BCUT2D eigenvalue weighted by Crippen LogP contribution is -2.46. The van der Waals surface area contributed by atoms with Crippen LogP contribution in [0.5, 0.6) is 0 Å². The van der Waals surface area contributed by atoms with E-state index < -0.39 is 0 Å². The molecule has 3 aliphatic rings. The predicted molar refractivity (Wildman–Crippen MR) is 58.1 cm³/mol. The van der Waals surface area contributed by atoms with E-state index >= 15 is 0 Å². The molecule has 0 aromatic rings. The van der Waals surface area contributed by atoms with Crippen molar-refractivity contribution in [2.75, 3.05) is 6.61 Å². The van der Waals surface area contributed by atoms with Crippen LogP contribution in [0.15, 0.2) is 12.7 Å². The highest BCUT2D eigenvalue weighted by Crippen LogP contribution is 2.37. The molecule has 96 valence electrons. The highest BCUT2D eigenvalue weighted by atomic mass is 16.8. The van der Waals surface area contributed by atoms with Gasteiger partial charge in [0.05, 0.1) is 6.61 Å². The molecule has 0 radical (unpaired) electrons. The molecule has 0 aromatic heterocycles. The molecule has 0 spiro atoms. The highest BCUT2D eigenvalue weighted by Gasteiger charge is 2.54. The Labute approximate surface area is 101 Å². The molecule has 0 N–H and O–H groups in total. The van der Waals surface area contributed by atoms with Crippen LogP contribution < -0.4 is 0 Å². The molecule has 3 rings (SSSR count). The van der Waals surface area contributed by atoms with Crippen LogP contribution in [0.3, 0.4) is 0 Å². The Kier molecular flexibility index (Phi) is 3.19. The lowest BCUT2D eigenvalue weighted by atomic mass is 10.1. The molecular formula is C12H18O5. The van der Waals surface area contributed by atoms with E-state index in [0.29, 0.717) is 13.0 Å². The van der Waals surface area contributed by atoms with Gasteiger partial charge < -0.3 is 23.7 Å². The van der Waals surface area contributed by atoms with Gasteiger partial charge in [-0.1, -0.05) is 13.0 Å². The van der Waals surface area contributed by atoms with Gasteiger partial charge in [0, 0.05) is 6.42 Å². The van der Waals surface area contributed by atoms with Crippen molar-refractivity contribution in [2.24, 2.45) is 0 Å². The van der Waals surface area contributed by atoms with E-state index in [9.17, 15) is 0 Å². The van der Waals surface area contributed by atoms with E-state index in [1.165, 1.54) is 0 Å². The van der Waals surface area contributed by atoms with Gasteiger partial charge in [0.1, 0.15) is 18.3 Å². The summed E-state index contributed by atoms with van der Waals surface area (Å²) in [5, 5.41) is 0. The Morgan fingerprint density at radius 3 is 2.71 bits per heavy atom. The second kappa shape index (κ2) is 4.66. The molecule has 17 heavy (non-hydrogen) atoms. The maximum Gasteiger partial charge on any atom is 0.190 e. The molecule has 3 fully saturated rings. The molecule has 6 unspecified atom stereocenters. The molecule has 5 heteroatoms. The monoisotopic (exact) mass is 242 g/mol. The van der Waals surface area contributed by atoms with Crippen LogP contribution in [0.25, 0.3) is 0 Å². The molecule has 6 atom stereocenters. The molecule has 0 saturated carbocycles. The maximum absolute atomic E-state index is 5.82. The van der Waals surface area contributed by atoms with E-state index in [1.807, 2.05) is 6.92 Å². The standard InChI is InChI=1S/C12H18O5/c1-3-5-9-16-11-10-7(14-12(11)17-9)6-13-8(4-2)15-10/h3,7-12H,1,4-6H2,2H3. The zero-order valence-electron chi connectivity index (χ0n) is 9.91. The first-order chi connectivity index (χ1) is 8.31. The quantitative estimate of drug-likeness (QED) is 0.695. The fourth-order valence-electron chi connectivity index (χ4n) is 2.48. The van der Waals surface area contributed by atoms with Gasteiger partial charge in [0.2, 0.25) is 0 Å². The second-order valence-corrected chi connectivity index (χ2v) is 4.51. The van der Waals surface area contributed by atoms with E-state index in [2.05, 4.69) is 6.58 Å². The molecule has 0 amide bonds. The van der Waals surface area contributed by atoms with Gasteiger partial charge in [-0.15, -0.1) is 6.58 Å². The Morgan fingerprint density at radius 2 is 1.94 bits per heavy atom. The fraction of sp³-hybridized carbons (Fsp3) is 0.833. The molecule has 5 nitrogen and oxygen atoms in total. The molecule has 3 heterocycles. The van der Waals surface area contributed by atoms with E-state index in [4.69, 9.17) is 23.7 Å². The van der Waals surface area contributed by atoms with Gasteiger partial charge in [-0.3, -0.25) is 0 Å². The zero-order chi connectivity index (χ0) is 11.8. The molecule has 0 aromatic carbocycles. The van der Waals surface area contributed by atoms with Gasteiger partial charge in [-0.05, 0) is 6.42 Å². The smallest absolute Gasteiger partial charge is 0.190 e. The maximum atomic E-state index is 5.82. The summed E-state index contributed by atoms with van der Waals surface area (Å²) in [6.45, 7) is 6.26. The van der Waals surface area contributed by atoms with E-state index in [1.54, 1.807) is 6.08 Å². The van der Waals surface area contributed by atoms with Gasteiger partial charge in [0.15, 0.2) is 18.9 Å². The number of rotatable bonds is 3. The van der Waals surface area contributed by atoms with Crippen LogP contribution in [0.4, 0.5) is 0 Å². The topological polar surface area (TPSA) is 46.2 Å². The summed E-state index contributed by atoms with van der Waals surface area (Å²) in [4.78, 5) is 0. The first-order valence-electron chi connectivity index (χ1n) is 6.16. The average Bonchev–Trinajstić information content (AvgIpc) is 2.86. The van der Waals surface area contributed by atoms with Crippen LogP contribution in [0.2, 0.25) is 0 Å². The largest absolute Gasteiger partial charge is 0.350 e. The first kappa shape index (κ1) is 11.6. The van der Waals surface area contributed by atoms with E-state index in [-0.39, 0.29) is 37.2 Å². The number of ether oxygens (including phenoxy) is 5. The van der Waals surface area contributed by atoms with Crippen LogP contribution in [-0.2, 0) is 23.7 Å². The van der Waals surface area contributed by atoms with Crippen LogP contribution in [-0.4, -0.2) is 43.8 Å². The van der Waals surface area contributed by atoms with Gasteiger partial charge in [0.25, 0.3) is 0 Å². The van der Waals surface area contributed by atoms with Crippen molar-refractivity contribution in [3.8, 4) is 0 Å². The number of hydrogen-bond acceptors (Lipinski definition) is 5. The normalized spacial score (nSPS) is 48.8. The Hall–Kier alpha value is -0.460. The van der Waals surface area contributed by atoms with Crippen LogP contribution in [0.1, 0.15) is 19.8 Å². The summed E-state index contributed by atoms with van der Waals surface area (Å²) in [7, 11) is 0. The van der Waals surface area contributed by atoms with Crippen LogP contribution >= 0.6 is 0 Å². The van der Waals surface area contributed by atoms with Gasteiger partial charge in [-0.25, -0.2) is 0 Å². The minimum absolute atomic E-state index is 0.0718. The van der Waals surface area contributed by atoms with Crippen molar-refractivity contribution < 1.29 is 23.7 Å². The lowest BCUT2D eigenvalue weighted by Gasteiger charge is -2.32.